The highest BCUT2D eigenvalue weighted by Crippen LogP contribution is 2.21. The summed E-state index contributed by atoms with van der Waals surface area (Å²) in [6.07, 6.45) is 0. The minimum atomic E-state index is 0.625. The van der Waals surface area contributed by atoms with Crippen molar-refractivity contribution in [1.29, 1.82) is 0 Å². The number of fused-ring (bicyclic) bond motifs is 1. The maximum Gasteiger partial charge on any atom is 0.192 e. The van der Waals surface area contributed by atoms with E-state index in [4.69, 9.17) is 5.73 Å². The Bertz CT molecular complexity index is 565. The number of rotatable bonds is 2. The van der Waals surface area contributed by atoms with Gasteiger partial charge in [0.1, 0.15) is 0 Å². The zero-order chi connectivity index (χ0) is 13.1. The Hall–Kier alpha value is -2.29. The van der Waals surface area contributed by atoms with Crippen LogP contribution in [0.1, 0.15) is 16.7 Å². The molecule has 2 N–H and O–H groups in total. The molecule has 0 unspecified atom stereocenters. The second-order valence-corrected chi connectivity index (χ2v) is 4.78. The molecule has 0 radical (unpaired) electrons. The number of benzene rings is 2. The van der Waals surface area contributed by atoms with Crippen molar-refractivity contribution in [1.82, 2.24) is 4.90 Å². The molecule has 3 heteroatoms. The third-order valence-corrected chi connectivity index (χ3v) is 3.43. The van der Waals surface area contributed by atoms with E-state index in [-0.39, 0.29) is 0 Å². The van der Waals surface area contributed by atoms with Gasteiger partial charge in [-0.25, -0.2) is 4.99 Å². The summed E-state index contributed by atoms with van der Waals surface area (Å²) in [5, 5.41) is 0. The quantitative estimate of drug-likeness (QED) is 0.658. The van der Waals surface area contributed by atoms with Crippen LogP contribution in [0.15, 0.2) is 59.6 Å². The number of hydrogen-bond donors (Lipinski definition) is 1. The third-order valence-electron chi connectivity index (χ3n) is 3.43. The number of aliphatic imine (C=N–C) groups is 1. The van der Waals surface area contributed by atoms with E-state index in [0.29, 0.717) is 12.5 Å². The Labute approximate surface area is 113 Å². The monoisotopic (exact) mass is 251 g/mol. The zero-order valence-electron chi connectivity index (χ0n) is 10.8. The maximum absolute atomic E-state index is 6.08. The van der Waals surface area contributed by atoms with Crippen LogP contribution >= 0.6 is 0 Å². The molecular weight excluding hydrogens is 234 g/mol. The van der Waals surface area contributed by atoms with E-state index in [2.05, 4.69) is 46.3 Å². The second-order valence-electron chi connectivity index (χ2n) is 4.78. The van der Waals surface area contributed by atoms with Crippen LogP contribution in [-0.2, 0) is 19.6 Å². The Morgan fingerprint density at radius 2 is 1.53 bits per heavy atom. The van der Waals surface area contributed by atoms with E-state index in [1.54, 1.807) is 0 Å². The molecule has 0 aliphatic carbocycles. The molecule has 0 saturated carbocycles. The molecule has 0 fully saturated rings. The van der Waals surface area contributed by atoms with Gasteiger partial charge in [-0.1, -0.05) is 54.6 Å². The number of nitrogens with two attached hydrogens (primary N) is 1. The summed E-state index contributed by atoms with van der Waals surface area (Å²) in [5.41, 5.74) is 9.96. The molecule has 0 spiro atoms. The average molecular weight is 251 g/mol. The highest BCUT2D eigenvalue weighted by atomic mass is 15.3. The van der Waals surface area contributed by atoms with E-state index in [9.17, 15) is 0 Å². The van der Waals surface area contributed by atoms with Gasteiger partial charge in [0.2, 0.25) is 0 Å². The Kier molecular flexibility index (Phi) is 3.19. The van der Waals surface area contributed by atoms with Gasteiger partial charge in [-0.15, -0.1) is 0 Å². The molecular formula is C16H17N3. The third kappa shape index (κ3) is 2.60. The van der Waals surface area contributed by atoms with Gasteiger partial charge in [0.05, 0.1) is 6.54 Å². The molecule has 96 valence electrons. The van der Waals surface area contributed by atoms with Gasteiger partial charge in [-0.05, 0) is 16.7 Å². The van der Waals surface area contributed by atoms with Crippen LogP contribution in [0.25, 0.3) is 0 Å². The van der Waals surface area contributed by atoms with Gasteiger partial charge in [-0.3, -0.25) is 0 Å². The highest BCUT2D eigenvalue weighted by molar-refractivity contribution is 5.78. The lowest BCUT2D eigenvalue weighted by Crippen LogP contribution is -2.33. The van der Waals surface area contributed by atoms with Crippen molar-refractivity contribution in [3.05, 3.63) is 71.3 Å². The molecule has 3 rings (SSSR count). The van der Waals surface area contributed by atoms with Gasteiger partial charge < -0.3 is 10.6 Å². The van der Waals surface area contributed by atoms with E-state index in [1.165, 1.54) is 16.7 Å². The molecule has 0 atom stereocenters. The van der Waals surface area contributed by atoms with Gasteiger partial charge in [0.15, 0.2) is 5.96 Å². The van der Waals surface area contributed by atoms with Crippen molar-refractivity contribution < 1.29 is 0 Å². The molecule has 0 aromatic heterocycles. The first-order chi connectivity index (χ1) is 9.33. The first-order valence-electron chi connectivity index (χ1n) is 6.48. The van der Waals surface area contributed by atoms with Gasteiger partial charge >= 0.3 is 0 Å². The molecule has 0 saturated heterocycles. The summed E-state index contributed by atoms with van der Waals surface area (Å²) in [6, 6.07) is 18.6. The standard InChI is InChI=1S/C16H17N3/c17-16(18-10-13-6-2-1-3-7-13)19-11-14-8-4-5-9-15(14)12-19/h1-9H,10-12H2,(H2,17,18). The van der Waals surface area contributed by atoms with Gasteiger partial charge in [0, 0.05) is 13.1 Å². The van der Waals surface area contributed by atoms with Crippen molar-refractivity contribution in [2.24, 2.45) is 10.7 Å². The van der Waals surface area contributed by atoms with E-state index < -0.39 is 0 Å². The first kappa shape index (κ1) is 11.8. The van der Waals surface area contributed by atoms with E-state index >= 15 is 0 Å². The fourth-order valence-corrected chi connectivity index (χ4v) is 2.35. The molecule has 2 aromatic rings. The summed E-state index contributed by atoms with van der Waals surface area (Å²) >= 11 is 0. The summed E-state index contributed by atoms with van der Waals surface area (Å²) in [7, 11) is 0. The number of hydrogen-bond acceptors (Lipinski definition) is 1. The smallest absolute Gasteiger partial charge is 0.192 e. The average Bonchev–Trinajstić information content (AvgIpc) is 2.90. The Morgan fingerprint density at radius 3 is 2.16 bits per heavy atom. The van der Waals surface area contributed by atoms with Crippen molar-refractivity contribution in [2.75, 3.05) is 0 Å². The predicted molar refractivity (Wildman–Crippen MR) is 77.5 cm³/mol. The fourth-order valence-electron chi connectivity index (χ4n) is 2.35. The summed E-state index contributed by atoms with van der Waals surface area (Å²) in [5.74, 6) is 0.625. The van der Waals surface area contributed by atoms with Crippen LogP contribution in [0.3, 0.4) is 0 Å². The molecule has 1 heterocycles. The van der Waals surface area contributed by atoms with Crippen molar-refractivity contribution in [3.8, 4) is 0 Å². The predicted octanol–water partition coefficient (Wildman–Crippen LogP) is 2.52. The normalized spacial score (nSPS) is 14.5. The van der Waals surface area contributed by atoms with Crippen molar-refractivity contribution >= 4 is 5.96 Å². The molecule has 0 bridgehead atoms. The molecule has 3 nitrogen and oxygen atoms in total. The van der Waals surface area contributed by atoms with Crippen LogP contribution in [-0.4, -0.2) is 10.9 Å². The van der Waals surface area contributed by atoms with E-state index in [1.807, 2.05) is 18.2 Å². The Balaban J connectivity index is 1.68. The van der Waals surface area contributed by atoms with Crippen LogP contribution < -0.4 is 5.73 Å². The second kappa shape index (κ2) is 5.14. The maximum atomic E-state index is 6.08. The molecule has 1 aliphatic heterocycles. The SMILES string of the molecule is NC(=NCc1ccccc1)N1Cc2ccccc2C1. The lowest BCUT2D eigenvalue weighted by atomic mass is 10.1. The summed E-state index contributed by atoms with van der Waals surface area (Å²) in [6.45, 7) is 2.36. The van der Waals surface area contributed by atoms with Crippen LogP contribution in [0.5, 0.6) is 0 Å². The molecule has 0 amide bonds. The lowest BCUT2D eigenvalue weighted by Gasteiger charge is -2.16. The minimum Gasteiger partial charge on any atom is -0.370 e. The zero-order valence-corrected chi connectivity index (χ0v) is 10.8. The van der Waals surface area contributed by atoms with Crippen LogP contribution in [0.4, 0.5) is 0 Å². The summed E-state index contributed by atoms with van der Waals surface area (Å²) in [4.78, 5) is 6.60. The molecule has 1 aliphatic rings. The molecule has 19 heavy (non-hydrogen) atoms. The summed E-state index contributed by atoms with van der Waals surface area (Å²) < 4.78 is 0. The van der Waals surface area contributed by atoms with E-state index in [0.717, 1.165) is 13.1 Å². The Morgan fingerprint density at radius 1 is 0.947 bits per heavy atom. The van der Waals surface area contributed by atoms with Crippen LogP contribution in [0, 0.1) is 0 Å². The number of nitrogens with zero attached hydrogens (tertiary/aromatic N) is 2. The first-order valence-corrected chi connectivity index (χ1v) is 6.48. The van der Waals surface area contributed by atoms with Gasteiger partial charge in [0.25, 0.3) is 0 Å². The highest BCUT2D eigenvalue weighted by Gasteiger charge is 2.19. The topological polar surface area (TPSA) is 41.6 Å². The largest absolute Gasteiger partial charge is 0.370 e. The van der Waals surface area contributed by atoms with Gasteiger partial charge in [-0.2, -0.15) is 0 Å². The minimum absolute atomic E-state index is 0.625. The number of guanidine groups is 1. The van der Waals surface area contributed by atoms with Crippen molar-refractivity contribution in [2.45, 2.75) is 19.6 Å². The van der Waals surface area contributed by atoms with Crippen LogP contribution in [0.2, 0.25) is 0 Å². The van der Waals surface area contributed by atoms with Crippen molar-refractivity contribution in [3.63, 3.8) is 0 Å². The fraction of sp³-hybridized carbons (Fsp3) is 0.188. The molecule has 2 aromatic carbocycles. The lowest BCUT2D eigenvalue weighted by molar-refractivity contribution is 0.440.